The fourth-order valence-corrected chi connectivity index (χ4v) is 1.76. The highest BCUT2D eigenvalue weighted by molar-refractivity contribution is 6.36. The summed E-state index contributed by atoms with van der Waals surface area (Å²) in [5, 5.41) is 3.55. The molecule has 0 aliphatic heterocycles. The number of nitrogens with one attached hydrogen (secondary N) is 1. The molecular formula is C13H9Cl2NO2. The van der Waals surface area contributed by atoms with Crippen LogP contribution in [0.25, 0.3) is 6.08 Å². The molecule has 0 aliphatic rings. The van der Waals surface area contributed by atoms with Crippen LogP contribution in [0.2, 0.25) is 10.0 Å². The van der Waals surface area contributed by atoms with E-state index in [0.29, 0.717) is 21.5 Å². The van der Waals surface area contributed by atoms with Crippen LogP contribution >= 0.6 is 23.2 Å². The first-order valence-corrected chi connectivity index (χ1v) is 5.88. The highest BCUT2D eigenvalue weighted by Gasteiger charge is 2.03. The molecule has 0 aliphatic carbocycles. The predicted molar refractivity (Wildman–Crippen MR) is 72.8 cm³/mol. The molecule has 0 radical (unpaired) electrons. The number of anilines is 1. The molecule has 3 nitrogen and oxygen atoms in total. The van der Waals surface area contributed by atoms with E-state index in [2.05, 4.69) is 5.32 Å². The number of carbonyl (C=O) groups excluding carboxylic acids is 1. The van der Waals surface area contributed by atoms with Crippen molar-refractivity contribution in [3.05, 3.63) is 58.5 Å². The van der Waals surface area contributed by atoms with E-state index < -0.39 is 0 Å². The van der Waals surface area contributed by atoms with E-state index in [-0.39, 0.29) is 5.91 Å². The van der Waals surface area contributed by atoms with Gasteiger partial charge in [-0.25, -0.2) is 0 Å². The molecule has 0 fully saturated rings. The average Bonchev–Trinajstić information content (AvgIpc) is 2.83. The Hall–Kier alpha value is -1.71. The van der Waals surface area contributed by atoms with Crippen molar-refractivity contribution in [2.24, 2.45) is 0 Å². The summed E-state index contributed by atoms with van der Waals surface area (Å²) in [5.74, 6) is 0.308. The largest absolute Gasteiger partial charge is 0.465 e. The minimum atomic E-state index is -0.296. The molecular weight excluding hydrogens is 273 g/mol. The van der Waals surface area contributed by atoms with Crippen LogP contribution in [0.5, 0.6) is 0 Å². The molecule has 1 aromatic heterocycles. The Bertz CT molecular complexity index is 577. The molecule has 0 saturated heterocycles. The van der Waals surface area contributed by atoms with Crippen molar-refractivity contribution in [1.29, 1.82) is 0 Å². The van der Waals surface area contributed by atoms with Gasteiger partial charge >= 0.3 is 0 Å². The molecule has 0 bridgehead atoms. The second kappa shape index (κ2) is 5.76. The quantitative estimate of drug-likeness (QED) is 0.855. The standard InChI is InChI=1S/C13H9Cl2NO2/c14-9-3-5-12(11(15)8-9)16-13(17)6-4-10-2-1-7-18-10/h1-8H,(H,16,17)/b6-4+. The van der Waals surface area contributed by atoms with Crippen LogP contribution in [0, 0.1) is 0 Å². The molecule has 2 aromatic rings. The van der Waals surface area contributed by atoms with Gasteiger partial charge in [0.2, 0.25) is 5.91 Å². The molecule has 1 amide bonds. The van der Waals surface area contributed by atoms with Crippen molar-refractivity contribution in [1.82, 2.24) is 0 Å². The van der Waals surface area contributed by atoms with E-state index in [1.165, 1.54) is 12.3 Å². The topological polar surface area (TPSA) is 42.2 Å². The van der Waals surface area contributed by atoms with Gasteiger partial charge in [-0.15, -0.1) is 0 Å². The van der Waals surface area contributed by atoms with E-state index >= 15 is 0 Å². The first-order valence-electron chi connectivity index (χ1n) is 5.13. The number of furan rings is 1. The van der Waals surface area contributed by atoms with Crippen LogP contribution in [-0.2, 0) is 4.79 Å². The summed E-state index contributed by atoms with van der Waals surface area (Å²) in [7, 11) is 0. The summed E-state index contributed by atoms with van der Waals surface area (Å²) in [4.78, 5) is 11.6. The first-order chi connectivity index (χ1) is 8.65. The van der Waals surface area contributed by atoms with E-state index in [9.17, 15) is 4.79 Å². The number of rotatable bonds is 3. The Morgan fingerprint density at radius 3 is 2.78 bits per heavy atom. The van der Waals surface area contributed by atoms with Gasteiger partial charge in [0.25, 0.3) is 0 Å². The fourth-order valence-electron chi connectivity index (χ4n) is 1.31. The monoisotopic (exact) mass is 281 g/mol. The number of halogens is 2. The number of hydrogen-bond acceptors (Lipinski definition) is 2. The van der Waals surface area contributed by atoms with Crippen LogP contribution in [0.1, 0.15) is 5.76 Å². The molecule has 0 unspecified atom stereocenters. The van der Waals surface area contributed by atoms with Crippen LogP contribution in [-0.4, -0.2) is 5.91 Å². The summed E-state index contributed by atoms with van der Waals surface area (Å²) >= 11 is 11.7. The number of carbonyl (C=O) groups is 1. The maximum atomic E-state index is 11.6. The highest BCUT2D eigenvalue weighted by atomic mass is 35.5. The van der Waals surface area contributed by atoms with Gasteiger partial charge in [0.15, 0.2) is 0 Å². The van der Waals surface area contributed by atoms with Gasteiger partial charge in [0.1, 0.15) is 5.76 Å². The maximum absolute atomic E-state index is 11.6. The molecule has 0 atom stereocenters. The van der Waals surface area contributed by atoms with Gasteiger partial charge in [0, 0.05) is 11.1 Å². The zero-order valence-electron chi connectivity index (χ0n) is 9.19. The van der Waals surface area contributed by atoms with Crippen molar-refractivity contribution in [2.75, 3.05) is 5.32 Å². The van der Waals surface area contributed by atoms with Crippen LogP contribution in [0.3, 0.4) is 0 Å². The minimum absolute atomic E-state index is 0.296. The zero-order valence-corrected chi connectivity index (χ0v) is 10.7. The van der Waals surface area contributed by atoms with Crippen molar-refractivity contribution in [3.8, 4) is 0 Å². The molecule has 5 heteroatoms. The number of benzene rings is 1. The zero-order chi connectivity index (χ0) is 13.0. The summed E-state index contributed by atoms with van der Waals surface area (Å²) in [6, 6.07) is 8.35. The summed E-state index contributed by atoms with van der Waals surface area (Å²) in [6.07, 6.45) is 4.47. The first kappa shape index (κ1) is 12.7. The van der Waals surface area contributed by atoms with Crippen molar-refractivity contribution in [2.45, 2.75) is 0 Å². The maximum Gasteiger partial charge on any atom is 0.248 e. The molecule has 0 spiro atoms. The third kappa shape index (κ3) is 3.39. The summed E-state index contributed by atoms with van der Waals surface area (Å²) in [6.45, 7) is 0. The smallest absolute Gasteiger partial charge is 0.248 e. The third-order valence-corrected chi connectivity index (χ3v) is 2.68. The molecule has 1 heterocycles. The van der Waals surface area contributed by atoms with Crippen molar-refractivity contribution >= 4 is 40.9 Å². The van der Waals surface area contributed by atoms with Gasteiger partial charge in [0.05, 0.1) is 17.0 Å². The van der Waals surface area contributed by atoms with Crippen molar-refractivity contribution < 1.29 is 9.21 Å². The number of hydrogen-bond donors (Lipinski definition) is 1. The molecule has 18 heavy (non-hydrogen) atoms. The normalized spacial score (nSPS) is 10.8. The van der Waals surface area contributed by atoms with Crippen molar-refractivity contribution in [3.63, 3.8) is 0 Å². The van der Waals surface area contributed by atoms with Gasteiger partial charge in [-0.1, -0.05) is 23.2 Å². The van der Waals surface area contributed by atoms with E-state index in [4.69, 9.17) is 27.6 Å². The Morgan fingerprint density at radius 2 is 2.11 bits per heavy atom. The lowest BCUT2D eigenvalue weighted by atomic mass is 10.3. The van der Waals surface area contributed by atoms with Crippen LogP contribution < -0.4 is 5.32 Å². The third-order valence-electron chi connectivity index (χ3n) is 2.13. The predicted octanol–water partition coefficient (Wildman–Crippen LogP) is 4.24. The van der Waals surface area contributed by atoms with E-state index in [0.717, 1.165) is 0 Å². The second-order valence-corrected chi connectivity index (χ2v) is 4.31. The molecule has 92 valence electrons. The molecule has 0 saturated carbocycles. The SMILES string of the molecule is O=C(/C=C/c1ccco1)Nc1ccc(Cl)cc1Cl. The lowest BCUT2D eigenvalue weighted by Gasteiger charge is -2.04. The average molecular weight is 282 g/mol. The Morgan fingerprint density at radius 1 is 1.28 bits per heavy atom. The van der Waals surface area contributed by atoms with Gasteiger partial charge in [-0.2, -0.15) is 0 Å². The lowest BCUT2D eigenvalue weighted by Crippen LogP contribution is -2.07. The highest BCUT2D eigenvalue weighted by Crippen LogP contribution is 2.25. The van der Waals surface area contributed by atoms with Gasteiger partial charge in [-0.3, -0.25) is 4.79 Å². The Labute approximate surface area is 114 Å². The number of amides is 1. The van der Waals surface area contributed by atoms with Crippen LogP contribution in [0.4, 0.5) is 5.69 Å². The Kier molecular flexibility index (Phi) is 4.07. The van der Waals surface area contributed by atoms with E-state index in [1.807, 2.05) is 0 Å². The van der Waals surface area contributed by atoms with Gasteiger partial charge < -0.3 is 9.73 Å². The second-order valence-electron chi connectivity index (χ2n) is 3.46. The minimum Gasteiger partial charge on any atom is -0.465 e. The Balaban J connectivity index is 2.03. The lowest BCUT2D eigenvalue weighted by molar-refractivity contribution is -0.111. The van der Waals surface area contributed by atoms with E-state index in [1.54, 1.807) is 36.4 Å². The van der Waals surface area contributed by atoms with Crippen LogP contribution in [0.15, 0.2) is 47.1 Å². The molecule has 1 N–H and O–H groups in total. The summed E-state index contributed by atoms with van der Waals surface area (Å²) in [5.41, 5.74) is 0.509. The molecule has 2 rings (SSSR count). The fraction of sp³-hybridized carbons (Fsp3) is 0. The summed E-state index contributed by atoms with van der Waals surface area (Å²) < 4.78 is 5.06. The molecule has 1 aromatic carbocycles. The van der Waals surface area contributed by atoms with Gasteiger partial charge in [-0.05, 0) is 36.4 Å².